The minimum atomic E-state index is -1.78. The Balaban J connectivity index is 2.48. The van der Waals surface area contributed by atoms with Crippen molar-refractivity contribution in [1.82, 2.24) is 14.9 Å². The molecule has 0 bridgehead atoms. The monoisotopic (exact) mass is 305 g/mol. The van der Waals surface area contributed by atoms with Crippen LogP contribution in [0.2, 0.25) is 0 Å². The number of hydrogen-bond acceptors (Lipinski definition) is 5. The fourth-order valence-corrected chi connectivity index (χ4v) is 2.58. The van der Waals surface area contributed by atoms with E-state index < -0.39 is 53.7 Å². The Morgan fingerprint density at radius 1 is 1.45 bits per heavy atom. The van der Waals surface area contributed by atoms with E-state index in [2.05, 4.69) is 10.3 Å². The third-order valence-electron chi connectivity index (χ3n) is 3.83. The van der Waals surface area contributed by atoms with Crippen LogP contribution in [-0.4, -0.2) is 21.4 Å². The number of carbonyl (C=O) groups excluding carboxylic acids is 2. The zero-order valence-corrected chi connectivity index (χ0v) is 11.7. The zero-order valence-electron chi connectivity index (χ0n) is 16.7. The van der Waals surface area contributed by atoms with Gasteiger partial charge in [-0.25, -0.2) is 4.98 Å². The number of fused-ring (bicyclic) bond motifs is 1. The Morgan fingerprint density at radius 3 is 2.91 bits per heavy atom. The molecule has 0 radical (unpaired) electrons. The number of imide groups is 1. The van der Waals surface area contributed by atoms with Crippen molar-refractivity contribution in [1.29, 1.82) is 0 Å². The first kappa shape index (κ1) is 9.34. The molecule has 0 aliphatic carbocycles. The van der Waals surface area contributed by atoms with Crippen LogP contribution in [0, 0.1) is 6.88 Å². The number of nitrogen functional groups attached to an aromatic ring is 1. The van der Waals surface area contributed by atoms with Crippen molar-refractivity contribution in [2.45, 2.75) is 32.2 Å². The van der Waals surface area contributed by atoms with Gasteiger partial charge in [-0.15, -0.1) is 0 Å². The molecule has 1 unspecified atom stereocenters. The summed E-state index contributed by atoms with van der Waals surface area (Å²) in [6.07, 6.45) is -0.107. The second kappa shape index (κ2) is 4.66. The second-order valence-electron chi connectivity index (χ2n) is 5.27. The number of aromatic nitrogens is 2. The van der Waals surface area contributed by atoms with E-state index in [0.29, 0.717) is 0 Å². The molecule has 0 spiro atoms. The van der Waals surface area contributed by atoms with Gasteiger partial charge in [0.1, 0.15) is 11.4 Å². The maximum atomic E-state index is 13.2. The molecule has 22 heavy (non-hydrogen) atoms. The molecule has 1 aliphatic rings. The lowest BCUT2D eigenvalue weighted by Gasteiger charge is -2.34. The molecule has 1 aromatic carbocycles. The molecule has 7 heteroatoms. The van der Waals surface area contributed by atoms with E-state index in [4.69, 9.17) is 12.6 Å². The summed E-state index contributed by atoms with van der Waals surface area (Å²) >= 11 is 0. The molecule has 3 rings (SSSR count). The highest BCUT2D eigenvalue weighted by atomic mass is 16.2. The van der Waals surface area contributed by atoms with Gasteiger partial charge >= 0.3 is 0 Å². The molecule has 1 fully saturated rings. The highest BCUT2D eigenvalue weighted by Gasteiger charge is 2.42. The molecule has 1 aromatic heterocycles. The van der Waals surface area contributed by atoms with Gasteiger partial charge in [-0.05, 0) is 32.3 Å². The van der Waals surface area contributed by atoms with Crippen LogP contribution in [0.15, 0.2) is 22.9 Å². The molecule has 3 N–H and O–H groups in total. The predicted octanol–water partition coefficient (Wildman–Crippen LogP) is 0.439. The number of benzene rings is 1. The molecular weight excluding hydrogens is 284 g/mol. The second-order valence-corrected chi connectivity index (χ2v) is 5.27. The van der Waals surface area contributed by atoms with Gasteiger partial charge < -0.3 is 5.73 Å². The Morgan fingerprint density at radius 2 is 2.23 bits per heavy atom. The molecule has 2 amide bonds. The number of nitrogens with one attached hydrogen (secondary N) is 1. The normalized spacial score (nSPS) is 25.3. The molecule has 114 valence electrons. The van der Waals surface area contributed by atoms with Gasteiger partial charge in [0.25, 0.3) is 11.5 Å². The van der Waals surface area contributed by atoms with Crippen LogP contribution in [0.25, 0.3) is 10.9 Å². The summed E-state index contributed by atoms with van der Waals surface area (Å²) in [5.74, 6) is -1.70. The highest BCUT2D eigenvalue weighted by Crippen LogP contribution is 2.27. The lowest BCUT2D eigenvalue weighted by Crippen LogP contribution is -2.56. The number of rotatable bonds is 1. The van der Waals surface area contributed by atoms with Crippen LogP contribution >= 0.6 is 0 Å². The van der Waals surface area contributed by atoms with Crippen LogP contribution in [0.4, 0.5) is 5.69 Å². The lowest BCUT2D eigenvalue weighted by atomic mass is 9.90. The molecule has 1 aliphatic heterocycles. The minimum Gasteiger partial charge on any atom is -0.398 e. The molecule has 1 saturated heterocycles. The SMILES string of the molecule is [2H]c1c([2H])c(N)c2c(=O)n(C3(C)CCC(=O)NC3=O)c(C([2H])[2H])nc2c1[2H]. The van der Waals surface area contributed by atoms with Gasteiger partial charge in [-0.3, -0.25) is 24.3 Å². The van der Waals surface area contributed by atoms with Crippen molar-refractivity contribution in [2.24, 2.45) is 0 Å². The van der Waals surface area contributed by atoms with Crippen molar-refractivity contribution in [3.63, 3.8) is 0 Å². The van der Waals surface area contributed by atoms with Gasteiger partial charge in [0.15, 0.2) is 0 Å². The standard InChI is InChI=1S/C15H16N4O3/c1-8-17-10-5-3-4-9(16)12(10)13(21)19(8)15(2)7-6-11(20)18-14(15)22/h3-5H,6-7,16H2,1-2H3,(H,18,20,22)/i1D2,3D,4D,5D. The van der Waals surface area contributed by atoms with E-state index in [1.54, 1.807) is 0 Å². The summed E-state index contributed by atoms with van der Waals surface area (Å²) < 4.78 is 39.9. The first-order chi connectivity index (χ1) is 12.5. The number of carbonyl (C=O) groups is 2. The Hall–Kier alpha value is -2.70. The van der Waals surface area contributed by atoms with E-state index >= 15 is 0 Å². The van der Waals surface area contributed by atoms with Crippen LogP contribution in [0.1, 0.15) is 32.4 Å². The molecule has 2 heterocycles. The van der Waals surface area contributed by atoms with Crippen molar-refractivity contribution in [3.05, 3.63) is 34.3 Å². The Kier molecular flexibility index (Phi) is 1.98. The highest BCUT2D eigenvalue weighted by molar-refractivity contribution is 6.01. The van der Waals surface area contributed by atoms with Crippen molar-refractivity contribution < 1.29 is 16.4 Å². The number of piperidine rings is 1. The number of nitrogens with zero attached hydrogens (tertiary/aromatic N) is 2. The van der Waals surface area contributed by atoms with Gasteiger partial charge in [0.05, 0.1) is 15.0 Å². The van der Waals surface area contributed by atoms with Crippen LogP contribution < -0.4 is 16.6 Å². The maximum Gasteiger partial charge on any atom is 0.264 e. The van der Waals surface area contributed by atoms with E-state index in [1.807, 2.05) is 0 Å². The zero-order chi connectivity index (χ0) is 20.3. The van der Waals surface area contributed by atoms with Crippen molar-refractivity contribution >= 4 is 28.4 Å². The van der Waals surface area contributed by atoms with Crippen molar-refractivity contribution in [3.8, 4) is 0 Å². The third kappa shape index (κ3) is 1.89. The Bertz CT molecular complexity index is 1070. The van der Waals surface area contributed by atoms with Crippen LogP contribution in [-0.2, 0) is 15.1 Å². The van der Waals surface area contributed by atoms with Crippen LogP contribution in [0.5, 0.6) is 0 Å². The number of nitrogens with two attached hydrogens (primary N) is 1. The van der Waals surface area contributed by atoms with E-state index in [1.165, 1.54) is 6.92 Å². The molecule has 0 saturated carbocycles. The Labute approximate surface area is 133 Å². The predicted molar refractivity (Wildman–Crippen MR) is 81.2 cm³/mol. The van der Waals surface area contributed by atoms with Gasteiger partial charge in [-0.1, -0.05) is 6.04 Å². The minimum absolute atomic E-state index is 0.0532. The number of aryl methyl sites for hydroxylation is 1. The smallest absolute Gasteiger partial charge is 0.264 e. The van der Waals surface area contributed by atoms with Crippen molar-refractivity contribution in [2.75, 3.05) is 5.73 Å². The largest absolute Gasteiger partial charge is 0.398 e. The summed E-state index contributed by atoms with van der Waals surface area (Å²) in [5.41, 5.74) is 2.65. The van der Waals surface area contributed by atoms with Gasteiger partial charge in [0, 0.05) is 14.8 Å². The molecule has 1 atom stereocenters. The number of amides is 2. The topological polar surface area (TPSA) is 107 Å². The fourth-order valence-electron chi connectivity index (χ4n) is 2.58. The average Bonchev–Trinajstić information content (AvgIpc) is 2.60. The average molecular weight is 305 g/mol. The summed E-state index contributed by atoms with van der Waals surface area (Å²) in [7, 11) is 0. The van der Waals surface area contributed by atoms with E-state index in [0.717, 1.165) is 4.57 Å². The number of anilines is 1. The quantitative estimate of drug-likeness (QED) is 0.587. The third-order valence-corrected chi connectivity index (χ3v) is 3.83. The fraction of sp³-hybridized carbons (Fsp3) is 0.333. The van der Waals surface area contributed by atoms with Gasteiger partial charge in [0.2, 0.25) is 5.91 Å². The summed E-state index contributed by atoms with van der Waals surface area (Å²) in [6, 6.07) is -1.58. The summed E-state index contributed by atoms with van der Waals surface area (Å²) in [5, 5.41) is 1.81. The van der Waals surface area contributed by atoms with Gasteiger partial charge in [-0.2, -0.15) is 0 Å². The first-order valence-corrected chi connectivity index (χ1v) is 6.51. The van der Waals surface area contributed by atoms with E-state index in [-0.39, 0.29) is 29.4 Å². The number of hydrogen-bond donors (Lipinski definition) is 2. The summed E-state index contributed by atoms with van der Waals surface area (Å²) in [4.78, 5) is 41.2. The molecule has 7 nitrogen and oxygen atoms in total. The molecule has 2 aromatic rings. The lowest BCUT2D eigenvalue weighted by molar-refractivity contribution is -0.140. The van der Waals surface area contributed by atoms with Crippen LogP contribution in [0.3, 0.4) is 0 Å². The maximum absolute atomic E-state index is 13.2. The van der Waals surface area contributed by atoms with E-state index in [9.17, 15) is 14.4 Å². The molecular formula is C15H16N4O3. The summed E-state index contributed by atoms with van der Waals surface area (Å²) in [6.45, 7) is -0.400. The first-order valence-electron chi connectivity index (χ1n) is 9.17.